The van der Waals surface area contributed by atoms with Gasteiger partial charge in [0.25, 0.3) is 0 Å². The second-order valence-corrected chi connectivity index (χ2v) is 6.77. The zero-order chi connectivity index (χ0) is 15.5. The minimum Gasteiger partial charge on any atom is -0.313 e. The van der Waals surface area contributed by atoms with Crippen LogP contribution in [0.2, 0.25) is 0 Å². The average Bonchev–Trinajstić information content (AvgIpc) is 3.08. The molecule has 1 aliphatic rings. The van der Waals surface area contributed by atoms with Crippen molar-refractivity contribution in [2.24, 2.45) is 10.9 Å². The Morgan fingerprint density at radius 3 is 2.95 bits per heavy atom. The highest BCUT2D eigenvalue weighted by Gasteiger charge is 2.18. The molecule has 2 aromatic rings. The van der Waals surface area contributed by atoms with Crippen molar-refractivity contribution in [1.82, 2.24) is 4.57 Å². The molecule has 0 bridgehead atoms. The zero-order valence-electron chi connectivity index (χ0n) is 12.4. The summed E-state index contributed by atoms with van der Waals surface area (Å²) >= 11 is 1.35. The van der Waals surface area contributed by atoms with Crippen LogP contribution in [-0.2, 0) is 11.3 Å². The van der Waals surface area contributed by atoms with Gasteiger partial charge in [0, 0.05) is 13.0 Å². The van der Waals surface area contributed by atoms with Crippen molar-refractivity contribution in [3.63, 3.8) is 0 Å². The van der Waals surface area contributed by atoms with Crippen molar-refractivity contribution < 1.29 is 9.18 Å². The summed E-state index contributed by atoms with van der Waals surface area (Å²) in [5.74, 6) is 0.135. The third kappa shape index (κ3) is 3.19. The van der Waals surface area contributed by atoms with Crippen LogP contribution in [0.5, 0.6) is 0 Å². The van der Waals surface area contributed by atoms with E-state index >= 15 is 0 Å². The molecule has 0 aliphatic heterocycles. The maximum Gasteiger partial charge on any atom is 0.248 e. The lowest BCUT2D eigenvalue weighted by Gasteiger charge is -2.04. The van der Waals surface area contributed by atoms with Gasteiger partial charge in [0.05, 0.1) is 10.2 Å². The van der Waals surface area contributed by atoms with E-state index in [2.05, 4.69) is 11.6 Å². The van der Waals surface area contributed by atoms with Crippen LogP contribution in [0, 0.1) is 11.7 Å². The summed E-state index contributed by atoms with van der Waals surface area (Å²) in [4.78, 5) is 17.1. The van der Waals surface area contributed by atoms with E-state index < -0.39 is 0 Å². The number of fused-ring (bicyclic) bond motifs is 1. The van der Waals surface area contributed by atoms with Crippen LogP contribution in [0.15, 0.2) is 35.8 Å². The molecule has 3 nitrogen and oxygen atoms in total. The molecule has 3 rings (SSSR count). The number of allylic oxidation sites excluding steroid dienone is 1. The van der Waals surface area contributed by atoms with Crippen molar-refractivity contribution >= 4 is 27.5 Å². The topological polar surface area (TPSA) is 34.4 Å². The Bertz CT molecular complexity index is 769. The van der Waals surface area contributed by atoms with Crippen LogP contribution >= 0.6 is 11.3 Å². The van der Waals surface area contributed by atoms with Crippen molar-refractivity contribution in [2.75, 3.05) is 0 Å². The molecule has 0 N–H and O–H groups in total. The van der Waals surface area contributed by atoms with Crippen LogP contribution < -0.4 is 4.80 Å². The van der Waals surface area contributed by atoms with E-state index in [1.807, 2.05) is 4.57 Å². The summed E-state index contributed by atoms with van der Waals surface area (Å²) in [6.07, 6.45) is 6.98. The van der Waals surface area contributed by atoms with Gasteiger partial charge in [-0.15, -0.1) is 6.58 Å². The second kappa shape index (κ2) is 6.57. The molecule has 5 heteroatoms. The molecule has 116 valence electrons. The molecule has 0 radical (unpaired) electrons. The second-order valence-electron chi connectivity index (χ2n) is 5.76. The van der Waals surface area contributed by atoms with Gasteiger partial charge in [0.2, 0.25) is 5.91 Å². The first-order valence-electron chi connectivity index (χ1n) is 7.64. The minimum atomic E-state index is -0.275. The van der Waals surface area contributed by atoms with Gasteiger partial charge in [-0.1, -0.05) is 30.3 Å². The summed E-state index contributed by atoms with van der Waals surface area (Å²) in [6.45, 7) is 4.30. The fourth-order valence-corrected chi connectivity index (χ4v) is 4.13. The Morgan fingerprint density at radius 2 is 2.23 bits per heavy atom. The van der Waals surface area contributed by atoms with Crippen LogP contribution in [0.4, 0.5) is 4.39 Å². The third-order valence-electron chi connectivity index (χ3n) is 4.11. The van der Waals surface area contributed by atoms with Crippen molar-refractivity contribution in [3.8, 4) is 0 Å². The minimum absolute atomic E-state index is 0.0725. The van der Waals surface area contributed by atoms with Crippen LogP contribution in [0.25, 0.3) is 10.2 Å². The summed E-state index contributed by atoms with van der Waals surface area (Å²) in [5, 5.41) is 0. The number of hydrogen-bond acceptors (Lipinski definition) is 2. The first-order chi connectivity index (χ1) is 10.7. The highest BCUT2D eigenvalue weighted by Crippen LogP contribution is 2.27. The normalized spacial score (nSPS) is 16.5. The number of aromatic nitrogens is 1. The van der Waals surface area contributed by atoms with Gasteiger partial charge >= 0.3 is 0 Å². The molecule has 1 aromatic carbocycles. The molecule has 0 spiro atoms. The predicted molar refractivity (Wildman–Crippen MR) is 87.1 cm³/mol. The van der Waals surface area contributed by atoms with Crippen molar-refractivity contribution in [1.29, 1.82) is 0 Å². The molecular weight excluding hydrogens is 299 g/mol. The van der Waals surface area contributed by atoms with E-state index in [4.69, 9.17) is 0 Å². The summed E-state index contributed by atoms with van der Waals surface area (Å²) in [5.41, 5.74) is 0.888. The van der Waals surface area contributed by atoms with E-state index in [-0.39, 0.29) is 11.7 Å². The van der Waals surface area contributed by atoms with E-state index in [9.17, 15) is 9.18 Å². The maximum absolute atomic E-state index is 13.4. The molecule has 0 atom stereocenters. The number of thiazole rings is 1. The zero-order valence-corrected chi connectivity index (χ0v) is 13.2. The number of amides is 1. The van der Waals surface area contributed by atoms with Gasteiger partial charge in [0.15, 0.2) is 4.80 Å². The van der Waals surface area contributed by atoms with E-state index in [1.165, 1.54) is 36.3 Å². The number of carbonyl (C=O) groups excluding carboxylic acids is 1. The van der Waals surface area contributed by atoms with Gasteiger partial charge in [0.1, 0.15) is 5.82 Å². The van der Waals surface area contributed by atoms with E-state index in [1.54, 1.807) is 12.1 Å². The quantitative estimate of drug-likeness (QED) is 0.784. The molecule has 1 fully saturated rings. The number of halogens is 1. The number of hydrogen-bond donors (Lipinski definition) is 0. The Balaban J connectivity index is 1.96. The SMILES string of the molecule is C=CCn1c(=NC(=O)CC2CCCC2)sc2cc(F)ccc21. The van der Waals surface area contributed by atoms with E-state index in [0.29, 0.717) is 23.7 Å². The summed E-state index contributed by atoms with van der Waals surface area (Å²) in [6, 6.07) is 4.64. The van der Waals surface area contributed by atoms with Gasteiger partial charge in [-0.3, -0.25) is 4.79 Å². The van der Waals surface area contributed by atoms with Crippen molar-refractivity contribution in [3.05, 3.63) is 41.5 Å². The number of nitrogens with zero attached hydrogens (tertiary/aromatic N) is 2. The highest BCUT2D eigenvalue weighted by atomic mass is 32.1. The number of rotatable bonds is 4. The molecule has 0 unspecified atom stereocenters. The van der Waals surface area contributed by atoms with Crippen molar-refractivity contribution in [2.45, 2.75) is 38.6 Å². The fourth-order valence-electron chi connectivity index (χ4n) is 3.05. The van der Waals surface area contributed by atoms with Crippen LogP contribution in [0.3, 0.4) is 0 Å². The Labute approximate surface area is 132 Å². The summed E-state index contributed by atoms with van der Waals surface area (Å²) < 4.78 is 16.1. The monoisotopic (exact) mass is 318 g/mol. The Morgan fingerprint density at radius 1 is 1.45 bits per heavy atom. The molecule has 1 aliphatic carbocycles. The van der Waals surface area contributed by atoms with Gasteiger partial charge in [-0.05, 0) is 37.0 Å². The fraction of sp³-hybridized carbons (Fsp3) is 0.412. The largest absolute Gasteiger partial charge is 0.313 e. The average molecular weight is 318 g/mol. The van der Waals surface area contributed by atoms with E-state index in [0.717, 1.165) is 23.1 Å². The summed E-state index contributed by atoms with van der Waals surface area (Å²) in [7, 11) is 0. The molecular formula is C17H19FN2OS. The number of benzene rings is 1. The van der Waals surface area contributed by atoms with Crippen LogP contribution in [0.1, 0.15) is 32.1 Å². The van der Waals surface area contributed by atoms with Gasteiger partial charge in [-0.25, -0.2) is 4.39 Å². The lowest BCUT2D eigenvalue weighted by molar-refractivity contribution is -0.118. The molecule has 1 heterocycles. The molecule has 22 heavy (non-hydrogen) atoms. The first kappa shape index (κ1) is 15.2. The lowest BCUT2D eigenvalue weighted by Crippen LogP contribution is -2.17. The van der Waals surface area contributed by atoms with Gasteiger partial charge in [-0.2, -0.15) is 4.99 Å². The molecule has 1 saturated carbocycles. The Hall–Kier alpha value is -1.75. The maximum atomic E-state index is 13.4. The number of carbonyl (C=O) groups is 1. The molecule has 1 amide bonds. The third-order valence-corrected chi connectivity index (χ3v) is 5.16. The first-order valence-corrected chi connectivity index (χ1v) is 8.46. The van der Waals surface area contributed by atoms with Crippen LogP contribution in [-0.4, -0.2) is 10.5 Å². The molecule has 0 saturated heterocycles. The van der Waals surface area contributed by atoms with Gasteiger partial charge < -0.3 is 4.57 Å². The standard InChI is InChI=1S/C17H19FN2OS/c1-2-9-20-14-8-7-13(18)11-15(14)22-17(20)19-16(21)10-12-5-3-4-6-12/h2,7-8,11-12H,1,3-6,9-10H2. The predicted octanol–water partition coefficient (Wildman–Crippen LogP) is 4.04. The Kier molecular flexibility index (Phi) is 4.52. The smallest absolute Gasteiger partial charge is 0.248 e. The lowest BCUT2D eigenvalue weighted by atomic mass is 10.0. The highest BCUT2D eigenvalue weighted by molar-refractivity contribution is 7.16. The molecule has 1 aromatic heterocycles.